The van der Waals surface area contributed by atoms with Crippen LogP contribution in [0, 0.1) is 56.2 Å². The molecule has 0 amide bonds. The highest BCUT2D eigenvalue weighted by Crippen LogP contribution is 2.78. The first kappa shape index (κ1) is 24.3. The zero-order chi connectivity index (χ0) is 24.4. The molecule has 2 N–H and O–H groups in total. The van der Waals surface area contributed by atoms with Crippen molar-refractivity contribution in [3.05, 3.63) is 0 Å². The molecule has 3 heteroatoms. The van der Waals surface area contributed by atoms with Crippen molar-refractivity contribution < 1.29 is 15.0 Å². The van der Waals surface area contributed by atoms with E-state index in [1.807, 2.05) is 0 Å². The Morgan fingerprint density at radius 2 is 1.36 bits per heavy atom. The van der Waals surface area contributed by atoms with Gasteiger partial charge in [-0.3, -0.25) is 4.79 Å². The molecule has 5 saturated carbocycles. The predicted octanol–water partition coefficient (Wildman–Crippen LogP) is 6.40. The lowest BCUT2D eigenvalue weighted by atomic mass is 9.29. The van der Waals surface area contributed by atoms with Gasteiger partial charge in [0.25, 0.3) is 0 Å². The van der Waals surface area contributed by atoms with E-state index in [9.17, 15) is 15.0 Å². The minimum Gasteiger partial charge on any atom is -0.393 e. The summed E-state index contributed by atoms with van der Waals surface area (Å²) in [5.41, 5.74) is -0.0646. The summed E-state index contributed by atoms with van der Waals surface area (Å²) in [6.45, 7) is 19.0. The summed E-state index contributed by atoms with van der Waals surface area (Å²) in [4.78, 5) is 12.7. The normalized spacial score (nSPS) is 60.2. The number of carbonyl (C=O) groups is 1. The minimum atomic E-state index is -0.357. The number of hydrogen-bond acceptors (Lipinski definition) is 3. The second kappa shape index (κ2) is 6.87. The van der Waals surface area contributed by atoms with Gasteiger partial charge >= 0.3 is 0 Å². The molecule has 188 valence electrons. The van der Waals surface area contributed by atoms with Crippen LogP contribution in [0.15, 0.2) is 0 Å². The van der Waals surface area contributed by atoms with Crippen LogP contribution >= 0.6 is 0 Å². The van der Waals surface area contributed by atoms with E-state index in [0.29, 0.717) is 30.0 Å². The molecule has 33 heavy (non-hydrogen) atoms. The summed E-state index contributed by atoms with van der Waals surface area (Å²) in [5.74, 6) is 1.85. The minimum absolute atomic E-state index is 0.0211. The fraction of sp³-hybridized carbons (Fsp3) is 0.967. The average molecular weight is 459 g/mol. The first-order valence-electron chi connectivity index (χ1n) is 14.0. The molecule has 5 aliphatic rings. The van der Waals surface area contributed by atoms with Gasteiger partial charge < -0.3 is 10.2 Å². The van der Waals surface area contributed by atoms with E-state index in [2.05, 4.69) is 55.4 Å². The topological polar surface area (TPSA) is 57.5 Å². The highest BCUT2D eigenvalue weighted by molar-refractivity contribution is 5.82. The highest BCUT2D eigenvalue weighted by atomic mass is 16.3. The first-order valence-corrected chi connectivity index (χ1v) is 14.0. The van der Waals surface area contributed by atoms with Crippen molar-refractivity contribution >= 4 is 5.78 Å². The molecular formula is C30H50O3. The molecule has 2 unspecified atom stereocenters. The van der Waals surface area contributed by atoms with Crippen LogP contribution in [0.1, 0.15) is 113 Å². The Balaban J connectivity index is 1.62. The van der Waals surface area contributed by atoms with Crippen molar-refractivity contribution in [3.63, 3.8) is 0 Å². The maximum atomic E-state index is 12.7. The van der Waals surface area contributed by atoms with Gasteiger partial charge in [-0.05, 0) is 96.2 Å². The Bertz CT molecular complexity index is 849. The number of Topliss-reactive ketones (excluding diaryl/α,β-unsaturated/α-hetero) is 1. The monoisotopic (exact) mass is 458 g/mol. The number of aliphatic hydroxyl groups excluding tert-OH is 2. The van der Waals surface area contributed by atoms with E-state index in [-0.39, 0.29) is 50.6 Å². The molecule has 0 aromatic heterocycles. The molecular weight excluding hydrogens is 408 g/mol. The number of carbonyl (C=O) groups excluding carboxylic acids is 1. The standard InChI is InChI=1S/C30H50O3/c1-18-19(31)9-10-20-26(18,4)12-11-21-28(20,6)16-24(33)30(8)22-15-25(2,3)13-14-27(22,5)23(32)17-29(21,30)7/h18,20-24,32-33H,9-17H2,1-8H3/t18-,20+,21-,22+,23?,24?,26+,27-,28-,29+,30+/m0/s1. The number of rotatable bonds is 0. The molecule has 5 fully saturated rings. The van der Waals surface area contributed by atoms with Crippen LogP contribution in [-0.4, -0.2) is 28.2 Å². The fourth-order valence-electron chi connectivity index (χ4n) is 11.3. The maximum absolute atomic E-state index is 12.7. The van der Waals surface area contributed by atoms with Crippen LogP contribution < -0.4 is 0 Å². The Kier molecular flexibility index (Phi) is 5.06. The van der Waals surface area contributed by atoms with Crippen LogP contribution in [0.2, 0.25) is 0 Å². The summed E-state index contributed by atoms with van der Waals surface area (Å²) in [6, 6.07) is 0. The van der Waals surface area contributed by atoms with Crippen molar-refractivity contribution in [1.82, 2.24) is 0 Å². The van der Waals surface area contributed by atoms with Gasteiger partial charge in [-0.15, -0.1) is 0 Å². The molecule has 0 aliphatic heterocycles. The largest absolute Gasteiger partial charge is 0.393 e. The van der Waals surface area contributed by atoms with E-state index < -0.39 is 0 Å². The van der Waals surface area contributed by atoms with Crippen LogP contribution in [0.25, 0.3) is 0 Å². The average Bonchev–Trinajstić information content (AvgIpc) is 2.71. The van der Waals surface area contributed by atoms with Gasteiger partial charge in [-0.2, -0.15) is 0 Å². The number of aliphatic hydroxyl groups is 2. The fourth-order valence-corrected chi connectivity index (χ4v) is 11.3. The molecule has 0 saturated heterocycles. The van der Waals surface area contributed by atoms with E-state index in [1.165, 1.54) is 0 Å². The highest BCUT2D eigenvalue weighted by Gasteiger charge is 2.74. The van der Waals surface area contributed by atoms with Crippen molar-refractivity contribution in [1.29, 1.82) is 0 Å². The van der Waals surface area contributed by atoms with Gasteiger partial charge in [0.05, 0.1) is 12.2 Å². The Morgan fingerprint density at radius 3 is 2.03 bits per heavy atom. The van der Waals surface area contributed by atoms with Crippen molar-refractivity contribution in [2.45, 2.75) is 125 Å². The third-order valence-electron chi connectivity index (χ3n) is 13.8. The summed E-state index contributed by atoms with van der Waals surface area (Å²) >= 11 is 0. The molecule has 5 rings (SSSR count). The molecule has 0 aromatic carbocycles. The van der Waals surface area contributed by atoms with E-state index in [1.54, 1.807) is 0 Å². The lowest BCUT2D eigenvalue weighted by molar-refractivity contribution is -0.311. The SMILES string of the molecule is C[C@H]1C(=O)CC[C@@H]2[C@]1(C)CC[C@H]1[C@@]2(C)CC(O)[C@@]2(C)[C@@H]3CC(C)(C)CC[C@]3(C)C(O)C[C@]12C. The summed E-state index contributed by atoms with van der Waals surface area (Å²) in [6.07, 6.45) is 8.24. The lowest BCUT2D eigenvalue weighted by Crippen LogP contribution is -2.74. The lowest BCUT2D eigenvalue weighted by Gasteiger charge is -2.76. The second-order valence-corrected chi connectivity index (χ2v) is 15.4. The van der Waals surface area contributed by atoms with Gasteiger partial charge in [0.1, 0.15) is 5.78 Å². The van der Waals surface area contributed by atoms with Gasteiger partial charge in [0, 0.05) is 17.8 Å². The van der Waals surface area contributed by atoms with Crippen LogP contribution in [-0.2, 0) is 4.79 Å². The Morgan fingerprint density at radius 1 is 0.697 bits per heavy atom. The Labute approximate surface area is 202 Å². The second-order valence-electron chi connectivity index (χ2n) is 15.4. The van der Waals surface area contributed by atoms with E-state index >= 15 is 0 Å². The van der Waals surface area contributed by atoms with Gasteiger partial charge in [0.15, 0.2) is 0 Å². The summed E-state index contributed by atoms with van der Waals surface area (Å²) < 4.78 is 0. The van der Waals surface area contributed by atoms with Gasteiger partial charge in [-0.1, -0.05) is 55.4 Å². The molecule has 0 heterocycles. The third kappa shape index (κ3) is 2.79. The zero-order valence-corrected chi connectivity index (χ0v) is 22.6. The van der Waals surface area contributed by atoms with Crippen molar-refractivity contribution in [2.75, 3.05) is 0 Å². The zero-order valence-electron chi connectivity index (χ0n) is 22.6. The van der Waals surface area contributed by atoms with Gasteiger partial charge in [-0.25, -0.2) is 0 Å². The van der Waals surface area contributed by atoms with E-state index in [0.717, 1.165) is 51.4 Å². The quantitative estimate of drug-likeness (QED) is 0.442. The molecule has 0 radical (unpaired) electrons. The number of fused-ring (bicyclic) bond motifs is 7. The smallest absolute Gasteiger partial charge is 0.136 e. The molecule has 0 spiro atoms. The first-order chi connectivity index (χ1) is 15.1. The number of hydrogen-bond donors (Lipinski definition) is 2. The molecule has 0 bridgehead atoms. The summed E-state index contributed by atoms with van der Waals surface area (Å²) in [7, 11) is 0. The summed E-state index contributed by atoms with van der Waals surface area (Å²) in [5, 5.41) is 23.9. The molecule has 11 atom stereocenters. The van der Waals surface area contributed by atoms with Crippen molar-refractivity contribution in [2.24, 2.45) is 56.2 Å². The van der Waals surface area contributed by atoms with Crippen LogP contribution in [0.3, 0.4) is 0 Å². The molecule has 0 aromatic rings. The van der Waals surface area contributed by atoms with Crippen LogP contribution in [0.5, 0.6) is 0 Å². The van der Waals surface area contributed by atoms with Crippen LogP contribution in [0.4, 0.5) is 0 Å². The van der Waals surface area contributed by atoms with E-state index in [4.69, 9.17) is 0 Å². The Hall–Kier alpha value is -0.410. The third-order valence-corrected chi connectivity index (χ3v) is 13.8. The number of ketones is 1. The maximum Gasteiger partial charge on any atom is 0.136 e. The molecule has 3 nitrogen and oxygen atoms in total. The van der Waals surface area contributed by atoms with Crippen molar-refractivity contribution in [3.8, 4) is 0 Å². The molecule has 5 aliphatic carbocycles. The predicted molar refractivity (Wildman–Crippen MR) is 133 cm³/mol. The van der Waals surface area contributed by atoms with Gasteiger partial charge in [0.2, 0.25) is 0 Å².